The van der Waals surface area contributed by atoms with Crippen LogP contribution >= 0.6 is 0 Å². The van der Waals surface area contributed by atoms with Crippen molar-refractivity contribution in [3.63, 3.8) is 0 Å². The van der Waals surface area contributed by atoms with Crippen LogP contribution in [0.15, 0.2) is 4.99 Å². The van der Waals surface area contributed by atoms with E-state index in [4.69, 9.17) is 4.74 Å². The molecule has 0 amide bonds. The zero-order valence-corrected chi connectivity index (χ0v) is 4.16. The average Bonchev–Trinajstić information content (AvgIpc) is 2.14. The molecule has 1 unspecified atom stereocenters. The van der Waals surface area contributed by atoms with Gasteiger partial charge in [0.2, 0.25) is 0 Å². The molecule has 0 N–H and O–H groups in total. The highest BCUT2D eigenvalue weighted by atomic mass is 16.5. The van der Waals surface area contributed by atoms with Gasteiger partial charge in [-0.25, -0.2) is 4.99 Å². The Morgan fingerprint density at radius 3 is 3.00 bits per heavy atom. The molecule has 39 valence electrons. The highest BCUT2D eigenvalue weighted by molar-refractivity contribution is 5.56. The van der Waals surface area contributed by atoms with Crippen LogP contribution in [0, 0.1) is 0 Å². The maximum atomic E-state index is 4.82. The summed E-state index contributed by atoms with van der Waals surface area (Å²) in [5.41, 5.74) is 0. The lowest BCUT2D eigenvalue weighted by molar-refractivity contribution is 0.121. The van der Waals surface area contributed by atoms with Gasteiger partial charge >= 0.3 is 0 Å². The van der Waals surface area contributed by atoms with Gasteiger partial charge in [0.1, 0.15) is 6.34 Å². The number of ether oxygens (including phenoxy) is 1. The molecule has 1 atom stereocenters. The first-order valence-electron chi connectivity index (χ1n) is 2.14. The lowest BCUT2D eigenvalue weighted by Crippen LogP contribution is -2.11. The quantitative estimate of drug-likeness (QED) is 0.440. The van der Waals surface area contributed by atoms with Crippen molar-refractivity contribution in [2.75, 3.05) is 13.7 Å². The Labute approximate surface area is 42.4 Å². The van der Waals surface area contributed by atoms with Gasteiger partial charge in [0.05, 0.1) is 6.54 Å². The molecule has 0 saturated heterocycles. The fourth-order valence-corrected chi connectivity index (χ4v) is 0.441. The Morgan fingerprint density at radius 2 is 2.71 bits per heavy atom. The van der Waals surface area contributed by atoms with Crippen LogP contribution in [0.25, 0.3) is 0 Å². The topological polar surface area (TPSA) is 35.7 Å². The van der Waals surface area contributed by atoms with Crippen LogP contribution in [0.2, 0.25) is 0 Å². The zero-order chi connectivity index (χ0) is 5.11. The molecule has 0 bridgehead atoms. The molecule has 1 rings (SSSR count). The van der Waals surface area contributed by atoms with Crippen molar-refractivity contribution in [2.24, 2.45) is 4.99 Å². The summed E-state index contributed by atoms with van der Waals surface area (Å²) >= 11 is 0. The van der Waals surface area contributed by atoms with Gasteiger partial charge in [-0.05, 0) is 0 Å². The second-order valence-electron chi connectivity index (χ2n) is 1.32. The second-order valence-corrected chi connectivity index (χ2v) is 1.32. The fraction of sp³-hybridized carbons (Fsp3) is 0.750. The number of hydrogen-bond acceptors (Lipinski definition) is 2. The molecular formula is C4H7N2O. The van der Waals surface area contributed by atoms with Gasteiger partial charge in [-0.1, -0.05) is 0 Å². The van der Waals surface area contributed by atoms with Crippen molar-refractivity contribution in [3.8, 4) is 0 Å². The number of nitrogens with zero attached hydrogens (tertiary/aromatic N) is 2. The van der Waals surface area contributed by atoms with Crippen LogP contribution in [-0.4, -0.2) is 26.2 Å². The van der Waals surface area contributed by atoms with Crippen LogP contribution in [0.5, 0.6) is 0 Å². The van der Waals surface area contributed by atoms with Crippen LogP contribution in [0.4, 0.5) is 0 Å². The van der Waals surface area contributed by atoms with E-state index in [2.05, 4.69) is 10.3 Å². The van der Waals surface area contributed by atoms with Gasteiger partial charge in [-0.3, -0.25) is 5.32 Å². The molecule has 1 heterocycles. The molecule has 1 aliphatic rings. The van der Waals surface area contributed by atoms with Crippen LogP contribution < -0.4 is 5.32 Å². The summed E-state index contributed by atoms with van der Waals surface area (Å²) in [5, 5.41) is 3.82. The molecule has 3 heteroatoms. The van der Waals surface area contributed by atoms with Crippen LogP contribution in [-0.2, 0) is 4.74 Å². The minimum absolute atomic E-state index is 0.000000000000000222. The predicted octanol–water partition coefficient (Wildman–Crippen LogP) is -0.395. The van der Waals surface area contributed by atoms with Gasteiger partial charge in [-0.15, -0.1) is 0 Å². The second kappa shape index (κ2) is 1.93. The lowest BCUT2D eigenvalue weighted by atomic mass is 10.6. The standard InChI is InChI=1S/C4H7N2O/c1-7-4-2-5-3-6-4/h3-4H,2H2,1H3. The highest BCUT2D eigenvalue weighted by Gasteiger charge is 2.06. The summed E-state index contributed by atoms with van der Waals surface area (Å²) in [4.78, 5) is 3.84. The van der Waals surface area contributed by atoms with E-state index in [0.717, 1.165) is 0 Å². The maximum absolute atomic E-state index is 4.82. The molecule has 0 aromatic rings. The van der Waals surface area contributed by atoms with Crippen LogP contribution in [0.1, 0.15) is 0 Å². The monoisotopic (exact) mass is 99.1 g/mol. The van der Waals surface area contributed by atoms with E-state index in [0.29, 0.717) is 6.54 Å². The normalized spacial score (nSPS) is 27.9. The minimum Gasteiger partial charge on any atom is -0.358 e. The molecule has 0 aromatic heterocycles. The number of hydrogen-bond donors (Lipinski definition) is 0. The highest BCUT2D eigenvalue weighted by Crippen LogP contribution is 1.92. The van der Waals surface area contributed by atoms with E-state index < -0.39 is 0 Å². The molecular weight excluding hydrogens is 92.1 g/mol. The van der Waals surface area contributed by atoms with E-state index in [1.54, 1.807) is 7.11 Å². The summed E-state index contributed by atoms with van der Waals surface area (Å²) in [5.74, 6) is 0. The average molecular weight is 99.1 g/mol. The van der Waals surface area contributed by atoms with Crippen LogP contribution in [0.3, 0.4) is 0 Å². The van der Waals surface area contributed by atoms with E-state index in [1.165, 1.54) is 6.34 Å². The van der Waals surface area contributed by atoms with E-state index in [9.17, 15) is 0 Å². The van der Waals surface area contributed by atoms with E-state index >= 15 is 0 Å². The summed E-state index contributed by atoms with van der Waals surface area (Å²) in [7, 11) is 1.63. The number of rotatable bonds is 1. The van der Waals surface area contributed by atoms with Crippen molar-refractivity contribution < 1.29 is 4.74 Å². The minimum atomic E-state index is -0.000000000000000222. The third kappa shape index (κ3) is 0.899. The third-order valence-electron chi connectivity index (χ3n) is 0.848. The van der Waals surface area contributed by atoms with Gasteiger partial charge in [0, 0.05) is 7.11 Å². The van der Waals surface area contributed by atoms with Gasteiger partial charge in [0.25, 0.3) is 0 Å². The summed E-state index contributed by atoms with van der Waals surface area (Å²) in [6.07, 6.45) is 1.54. The van der Waals surface area contributed by atoms with Gasteiger partial charge in [0.15, 0.2) is 6.23 Å². The first kappa shape index (κ1) is 4.59. The zero-order valence-electron chi connectivity index (χ0n) is 4.16. The Balaban J connectivity index is 2.28. The number of aliphatic imine (C=N–C) groups is 1. The molecule has 0 saturated carbocycles. The van der Waals surface area contributed by atoms with E-state index in [1.807, 2.05) is 0 Å². The summed E-state index contributed by atoms with van der Waals surface area (Å²) in [6, 6.07) is 0. The maximum Gasteiger partial charge on any atom is 0.169 e. The first-order valence-corrected chi connectivity index (χ1v) is 2.14. The van der Waals surface area contributed by atoms with Crippen molar-refractivity contribution >= 4 is 6.34 Å². The summed E-state index contributed by atoms with van der Waals surface area (Å²) < 4.78 is 4.82. The lowest BCUT2D eigenvalue weighted by Gasteiger charge is -1.98. The molecule has 0 spiro atoms. The molecule has 7 heavy (non-hydrogen) atoms. The van der Waals surface area contributed by atoms with Crippen molar-refractivity contribution in [2.45, 2.75) is 6.23 Å². The van der Waals surface area contributed by atoms with Gasteiger partial charge in [-0.2, -0.15) is 0 Å². The van der Waals surface area contributed by atoms with Crippen molar-refractivity contribution in [3.05, 3.63) is 0 Å². The van der Waals surface area contributed by atoms with Crippen molar-refractivity contribution in [1.82, 2.24) is 5.32 Å². The van der Waals surface area contributed by atoms with Gasteiger partial charge < -0.3 is 4.74 Å². The fourth-order valence-electron chi connectivity index (χ4n) is 0.441. The Kier molecular flexibility index (Phi) is 1.26. The number of methoxy groups -OCH3 is 1. The molecule has 0 aromatic carbocycles. The SMILES string of the molecule is COC1C[N]C=N1. The summed E-state index contributed by atoms with van der Waals surface area (Å²) in [6.45, 7) is 0.691. The Morgan fingerprint density at radius 1 is 1.86 bits per heavy atom. The molecule has 1 aliphatic heterocycles. The van der Waals surface area contributed by atoms with E-state index in [-0.39, 0.29) is 6.23 Å². The molecule has 1 radical (unpaired) electrons. The van der Waals surface area contributed by atoms with Crippen molar-refractivity contribution in [1.29, 1.82) is 0 Å². The molecule has 3 nitrogen and oxygen atoms in total. The molecule has 0 fully saturated rings. The predicted molar refractivity (Wildman–Crippen MR) is 26.3 cm³/mol. The Hall–Kier alpha value is -0.570. The molecule has 0 aliphatic carbocycles. The largest absolute Gasteiger partial charge is 0.358 e. The third-order valence-corrected chi connectivity index (χ3v) is 0.848. The Bertz CT molecular complexity index is 81.8. The first-order chi connectivity index (χ1) is 3.43. The smallest absolute Gasteiger partial charge is 0.169 e.